The molecule has 0 radical (unpaired) electrons. The number of nitrogens with zero attached hydrogens (tertiary/aromatic N) is 2. The number of aromatic amines is 1. The molecule has 3 heterocycles. The molecule has 3 aromatic heterocycles. The average Bonchev–Trinajstić information content (AvgIpc) is 2.91. The van der Waals surface area contributed by atoms with E-state index in [1.807, 2.05) is 32.2 Å². The largest absolute Gasteiger partial charge is 0.357 e. The number of H-pyrrole nitrogens is 1. The third-order valence-corrected chi connectivity index (χ3v) is 3.05. The summed E-state index contributed by atoms with van der Waals surface area (Å²) in [6.07, 6.45) is 2.72. The van der Waals surface area contributed by atoms with Crippen molar-refractivity contribution in [3.63, 3.8) is 0 Å². The molecule has 0 amide bonds. The molecule has 0 atom stereocenters. The van der Waals surface area contributed by atoms with Gasteiger partial charge in [-0.2, -0.15) is 0 Å². The van der Waals surface area contributed by atoms with E-state index in [2.05, 4.69) is 16.0 Å². The highest BCUT2D eigenvalue weighted by atomic mass is 16.1. The summed E-state index contributed by atoms with van der Waals surface area (Å²) in [5.74, 6) is 0. The number of aromatic nitrogens is 3. The number of hydrogen-bond donors (Lipinski definition) is 1. The lowest BCUT2D eigenvalue weighted by molar-refractivity contribution is 0.111. The zero-order valence-corrected chi connectivity index (χ0v) is 10.3. The molecule has 0 bridgehead atoms. The van der Waals surface area contributed by atoms with Crippen molar-refractivity contribution in [2.75, 3.05) is 0 Å². The fraction of sp³-hybridized carbons (Fsp3) is 0.143. The molecule has 3 rings (SSSR count). The van der Waals surface area contributed by atoms with Crippen molar-refractivity contribution < 1.29 is 4.79 Å². The Morgan fingerprint density at radius 3 is 2.83 bits per heavy atom. The van der Waals surface area contributed by atoms with Crippen LogP contribution in [0.15, 0.2) is 30.5 Å². The highest BCUT2D eigenvalue weighted by molar-refractivity contribution is 5.75. The number of imidazole rings is 1. The van der Waals surface area contributed by atoms with Crippen LogP contribution in [0, 0.1) is 13.8 Å². The van der Waals surface area contributed by atoms with Crippen LogP contribution in [0.5, 0.6) is 0 Å². The van der Waals surface area contributed by atoms with Gasteiger partial charge < -0.3 is 4.98 Å². The van der Waals surface area contributed by atoms with Gasteiger partial charge in [-0.3, -0.25) is 9.20 Å². The minimum absolute atomic E-state index is 0.604. The predicted octanol–water partition coefficient (Wildman–Crippen LogP) is 2.76. The summed E-state index contributed by atoms with van der Waals surface area (Å²) in [6.45, 7) is 4.06. The Bertz CT molecular complexity index is 737. The Balaban J connectivity index is 2.25. The predicted molar refractivity (Wildman–Crippen MR) is 69.8 cm³/mol. The maximum atomic E-state index is 11.0. The topological polar surface area (TPSA) is 50.2 Å². The van der Waals surface area contributed by atoms with E-state index < -0.39 is 0 Å². The van der Waals surface area contributed by atoms with Gasteiger partial charge in [0, 0.05) is 11.9 Å². The number of pyridine rings is 1. The minimum atomic E-state index is 0.604. The fourth-order valence-corrected chi connectivity index (χ4v) is 2.24. The summed E-state index contributed by atoms with van der Waals surface area (Å²) in [4.78, 5) is 18.8. The van der Waals surface area contributed by atoms with Crippen molar-refractivity contribution in [3.8, 4) is 11.4 Å². The van der Waals surface area contributed by atoms with Crippen molar-refractivity contribution in [2.24, 2.45) is 0 Å². The zero-order valence-electron chi connectivity index (χ0n) is 10.3. The number of aryl methyl sites for hydroxylation is 2. The van der Waals surface area contributed by atoms with Crippen LogP contribution in [0.1, 0.15) is 21.7 Å². The van der Waals surface area contributed by atoms with Gasteiger partial charge in [0.25, 0.3) is 0 Å². The molecular formula is C14H13N3O. The molecule has 0 saturated carbocycles. The Hall–Kier alpha value is -2.36. The lowest BCUT2D eigenvalue weighted by Crippen LogP contribution is -1.91. The van der Waals surface area contributed by atoms with E-state index in [1.165, 1.54) is 0 Å². The van der Waals surface area contributed by atoms with Crippen LogP contribution in [0.4, 0.5) is 0 Å². The summed E-state index contributed by atoms with van der Waals surface area (Å²) < 4.78 is 1.80. The lowest BCUT2D eigenvalue weighted by Gasteiger charge is -1.95. The van der Waals surface area contributed by atoms with E-state index in [0.717, 1.165) is 34.6 Å². The molecule has 4 nitrogen and oxygen atoms in total. The highest BCUT2D eigenvalue weighted by Crippen LogP contribution is 2.23. The van der Waals surface area contributed by atoms with Gasteiger partial charge in [0.15, 0.2) is 6.29 Å². The second kappa shape index (κ2) is 3.84. The second-order valence-corrected chi connectivity index (χ2v) is 4.43. The number of carbonyl (C=O) groups is 1. The average molecular weight is 239 g/mol. The van der Waals surface area contributed by atoms with Crippen molar-refractivity contribution in [1.82, 2.24) is 14.4 Å². The standard InChI is InChI=1S/C14H13N3O/c1-9-6-10(2)15-14(9)12-7-17-11(8-18)4-3-5-13(17)16-12/h3-8,15H,1-2H3. The zero-order chi connectivity index (χ0) is 12.7. The van der Waals surface area contributed by atoms with Crippen molar-refractivity contribution in [3.05, 3.63) is 47.4 Å². The third kappa shape index (κ3) is 1.54. The summed E-state index contributed by atoms with van der Waals surface area (Å²) in [5, 5.41) is 0. The number of hydrogen-bond acceptors (Lipinski definition) is 2. The van der Waals surface area contributed by atoms with Gasteiger partial charge >= 0.3 is 0 Å². The first-order valence-electron chi connectivity index (χ1n) is 5.79. The molecule has 0 aromatic carbocycles. The molecular weight excluding hydrogens is 226 g/mol. The van der Waals surface area contributed by atoms with Gasteiger partial charge in [0.1, 0.15) is 11.3 Å². The number of fused-ring (bicyclic) bond motifs is 1. The lowest BCUT2D eigenvalue weighted by atomic mass is 10.2. The number of aldehydes is 1. The smallest absolute Gasteiger partial charge is 0.166 e. The molecule has 4 heteroatoms. The van der Waals surface area contributed by atoms with Crippen molar-refractivity contribution >= 4 is 11.9 Å². The maximum absolute atomic E-state index is 11.0. The van der Waals surface area contributed by atoms with Crippen LogP contribution in [-0.2, 0) is 0 Å². The van der Waals surface area contributed by atoms with Crippen LogP contribution >= 0.6 is 0 Å². The summed E-state index contributed by atoms with van der Waals surface area (Å²) in [7, 11) is 0. The van der Waals surface area contributed by atoms with Gasteiger partial charge in [-0.15, -0.1) is 0 Å². The Labute approximate surface area is 104 Å². The van der Waals surface area contributed by atoms with Crippen LogP contribution in [-0.4, -0.2) is 20.7 Å². The Morgan fingerprint density at radius 1 is 1.33 bits per heavy atom. The van der Waals surface area contributed by atoms with Gasteiger partial charge in [0.05, 0.1) is 11.4 Å². The normalized spacial score (nSPS) is 11.0. The van der Waals surface area contributed by atoms with Gasteiger partial charge in [-0.1, -0.05) is 6.07 Å². The fourth-order valence-electron chi connectivity index (χ4n) is 2.24. The monoisotopic (exact) mass is 239 g/mol. The van der Waals surface area contributed by atoms with Gasteiger partial charge in [0.2, 0.25) is 0 Å². The van der Waals surface area contributed by atoms with Gasteiger partial charge in [-0.25, -0.2) is 4.98 Å². The molecule has 0 aliphatic heterocycles. The molecule has 1 N–H and O–H groups in total. The van der Waals surface area contributed by atoms with Crippen LogP contribution < -0.4 is 0 Å². The van der Waals surface area contributed by atoms with Crippen LogP contribution in [0.25, 0.3) is 17.0 Å². The summed E-state index contributed by atoms with van der Waals surface area (Å²) >= 11 is 0. The van der Waals surface area contributed by atoms with Gasteiger partial charge in [-0.05, 0) is 37.6 Å². The molecule has 0 fully saturated rings. The van der Waals surface area contributed by atoms with Crippen molar-refractivity contribution in [2.45, 2.75) is 13.8 Å². The summed E-state index contributed by atoms with van der Waals surface area (Å²) in [6, 6.07) is 7.59. The Kier molecular flexibility index (Phi) is 2.30. The molecule has 0 spiro atoms. The first-order valence-corrected chi connectivity index (χ1v) is 5.79. The molecule has 18 heavy (non-hydrogen) atoms. The van der Waals surface area contributed by atoms with E-state index in [-0.39, 0.29) is 0 Å². The summed E-state index contributed by atoms with van der Waals surface area (Å²) in [5.41, 5.74) is 5.51. The molecule has 0 unspecified atom stereocenters. The van der Waals surface area contributed by atoms with E-state index in [9.17, 15) is 4.79 Å². The first-order chi connectivity index (χ1) is 8.69. The molecule has 0 aliphatic rings. The third-order valence-electron chi connectivity index (χ3n) is 3.05. The minimum Gasteiger partial charge on any atom is -0.357 e. The van der Waals surface area contributed by atoms with Crippen molar-refractivity contribution in [1.29, 1.82) is 0 Å². The van der Waals surface area contributed by atoms with E-state index >= 15 is 0 Å². The highest BCUT2D eigenvalue weighted by Gasteiger charge is 2.10. The van der Waals surface area contributed by atoms with Crippen LogP contribution in [0.2, 0.25) is 0 Å². The Morgan fingerprint density at radius 2 is 2.17 bits per heavy atom. The second-order valence-electron chi connectivity index (χ2n) is 4.43. The SMILES string of the molecule is Cc1cc(C)c(-c2cn3c(C=O)cccc3n2)[nH]1. The molecule has 90 valence electrons. The van der Waals surface area contributed by atoms with E-state index in [1.54, 1.807) is 10.5 Å². The quantitative estimate of drug-likeness (QED) is 0.699. The number of rotatable bonds is 2. The first kappa shape index (κ1) is 10.8. The van der Waals surface area contributed by atoms with Crippen LogP contribution in [0.3, 0.4) is 0 Å². The molecule has 0 aliphatic carbocycles. The van der Waals surface area contributed by atoms with E-state index in [4.69, 9.17) is 0 Å². The van der Waals surface area contributed by atoms with E-state index in [0.29, 0.717) is 5.69 Å². The molecule has 0 saturated heterocycles. The maximum Gasteiger partial charge on any atom is 0.166 e. The molecule has 3 aromatic rings. The number of carbonyl (C=O) groups excluding carboxylic acids is 1. The number of nitrogens with one attached hydrogen (secondary N) is 1.